The van der Waals surface area contributed by atoms with Gasteiger partial charge in [-0.3, -0.25) is 4.79 Å². The summed E-state index contributed by atoms with van der Waals surface area (Å²) in [6.45, 7) is 4.51. The highest BCUT2D eigenvalue weighted by molar-refractivity contribution is 5.80. The molecule has 0 unspecified atom stereocenters. The van der Waals surface area contributed by atoms with Gasteiger partial charge in [0, 0.05) is 12.1 Å². The third kappa shape index (κ3) is 4.13. The van der Waals surface area contributed by atoms with Crippen LogP contribution in [0.1, 0.15) is 39.5 Å². The molecule has 1 aliphatic rings. The van der Waals surface area contributed by atoms with Crippen LogP contribution in [-0.4, -0.2) is 5.91 Å². The van der Waals surface area contributed by atoms with Crippen LogP contribution in [0.3, 0.4) is 0 Å². The van der Waals surface area contributed by atoms with Gasteiger partial charge in [-0.25, -0.2) is 0 Å². The van der Waals surface area contributed by atoms with Gasteiger partial charge >= 0.3 is 0 Å². The molecule has 0 radical (unpaired) electrons. The maximum Gasteiger partial charge on any atom is 0.227 e. The summed E-state index contributed by atoms with van der Waals surface area (Å²) in [5.74, 6) is 0.152. The number of hydrogen-bond acceptors (Lipinski definition) is 3. The van der Waals surface area contributed by atoms with Crippen molar-refractivity contribution in [3.8, 4) is 0 Å². The second kappa shape index (κ2) is 5.75. The number of carbonyl (C=O) groups excluding carboxylic acids is 1. The number of rotatable bonds is 3. The molecule has 4 nitrogen and oxygen atoms in total. The van der Waals surface area contributed by atoms with Gasteiger partial charge in [-0.2, -0.15) is 0 Å². The molecule has 4 heteroatoms. The summed E-state index contributed by atoms with van der Waals surface area (Å²) >= 11 is 0. The van der Waals surface area contributed by atoms with E-state index >= 15 is 0 Å². The normalized spacial score (nSPS) is 21.6. The molecule has 1 amide bonds. The average molecular weight is 237 g/mol. The molecule has 5 N–H and O–H groups in total. The van der Waals surface area contributed by atoms with Gasteiger partial charge in [0.1, 0.15) is 0 Å². The Balaban J connectivity index is 2.49. The highest BCUT2D eigenvalue weighted by atomic mass is 16.1. The number of carbonyl (C=O) groups is 1. The Kier molecular flexibility index (Phi) is 4.61. The van der Waals surface area contributed by atoms with Crippen molar-refractivity contribution in [3.05, 3.63) is 24.2 Å². The minimum atomic E-state index is 0.0512. The molecule has 0 aromatic heterocycles. The number of nitrogens with two attached hydrogens (primary N) is 2. The van der Waals surface area contributed by atoms with E-state index < -0.39 is 0 Å². The molecule has 0 aromatic carbocycles. The maximum absolute atomic E-state index is 12.0. The zero-order valence-corrected chi connectivity index (χ0v) is 10.7. The Labute approximate surface area is 103 Å². The van der Waals surface area contributed by atoms with Crippen LogP contribution in [0.5, 0.6) is 0 Å². The van der Waals surface area contributed by atoms with E-state index in [2.05, 4.69) is 19.2 Å². The second-order valence-electron chi connectivity index (χ2n) is 5.41. The van der Waals surface area contributed by atoms with E-state index in [4.69, 9.17) is 11.5 Å². The van der Waals surface area contributed by atoms with Gasteiger partial charge in [-0.05, 0) is 43.4 Å². The lowest BCUT2D eigenvalue weighted by Crippen LogP contribution is -2.34. The standard InChI is InChI=1S/C13H23N3O/c1-13(2)6-3-10(4-7-13)12(17)16-11(9-15)5-8-14/h5,8-10H,3-4,6-7,14-15H2,1-2H3,(H,16,17)/b8-5-,11-9?. The molecule has 1 rings (SSSR count). The second-order valence-corrected chi connectivity index (χ2v) is 5.41. The molecule has 0 saturated heterocycles. The van der Waals surface area contributed by atoms with Gasteiger partial charge in [0.2, 0.25) is 5.91 Å². The van der Waals surface area contributed by atoms with Gasteiger partial charge in [0.05, 0.1) is 5.70 Å². The average Bonchev–Trinajstić information content (AvgIpc) is 2.28. The molecular weight excluding hydrogens is 214 g/mol. The van der Waals surface area contributed by atoms with Crippen LogP contribution in [0.4, 0.5) is 0 Å². The summed E-state index contributed by atoms with van der Waals surface area (Å²) in [5.41, 5.74) is 11.6. The van der Waals surface area contributed by atoms with E-state index in [0.29, 0.717) is 11.1 Å². The summed E-state index contributed by atoms with van der Waals surface area (Å²) in [6.07, 6.45) is 8.40. The van der Waals surface area contributed by atoms with E-state index in [-0.39, 0.29) is 11.8 Å². The SMILES string of the molecule is CC1(C)CCC(C(=O)NC(=CN)/C=C\N)CC1. The third-order valence-electron chi connectivity index (χ3n) is 3.43. The van der Waals surface area contributed by atoms with Crippen LogP contribution >= 0.6 is 0 Å². The summed E-state index contributed by atoms with van der Waals surface area (Å²) < 4.78 is 0. The Morgan fingerprint density at radius 1 is 1.29 bits per heavy atom. The highest BCUT2D eigenvalue weighted by Gasteiger charge is 2.30. The smallest absolute Gasteiger partial charge is 0.227 e. The lowest BCUT2D eigenvalue weighted by atomic mass is 9.73. The lowest BCUT2D eigenvalue weighted by Gasteiger charge is -2.33. The molecule has 1 saturated carbocycles. The largest absolute Gasteiger partial charge is 0.405 e. The highest BCUT2D eigenvalue weighted by Crippen LogP contribution is 2.37. The Bertz CT molecular complexity index is 322. The monoisotopic (exact) mass is 237 g/mol. The number of amides is 1. The van der Waals surface area contributed by atoms with E-state index in [1.54, 1.807) is 6.08 Å². The van der Waals surface area contributed by atoms with Gasteiger partial charge < -0.3 is 16.8 Å². The van der Waals surface area contributed by atoms with Crippen LogP contribution in [0.15, 0.2) is 24.2 Å². The maximum atomic E-state index is 12.0. The number of nitrogens with one attached hydrogen (secondary N) is 1. The molecular formula is C13H23N3O. The minimum Gasteiger partial charge on any atom is -0.405 e. The molecule has 17 heavy (non-hydrogen) atoms. The molecule has 96 valence electrons. The lowest BCUT2D eigenvalue weighted by molar-refractivity contribution is -0.125. The van der Waals surface area contributed by atoms with Crippen LogP contribution < -0.4 is 16.8 Å². The molecule has 0 aromatic rings. The first kappa shape index (κ1) is 13.6. The Morgan fingerprint density at radius 2 is 1.88 bits per heavy atom. The zero-order chi connectivity index (χ0) is 12.9. The van der Waals surface area contributed by atoms with Gasteiger partial charge in [-0.1, -0.05) is 13.8 Å². The Morgan fingerprint density at radius 3 is 2.35 bits per heavy atom. The first-order valence-corrected chi connectivity index (χ1v) is 6.09. The van der Waals surface area contributed by atoms with Gasteiger partial charge in [0.25, 0.3) is 0 Å². The van der Waals surface area contributed by atoms with Crippen molar-refractivity contribution in [2.45, 2.75) is 39.5 Å². The van der Waals surface area contributed by atoms with Gasteiger partial charge in [-0.15, -0.1) is 0 Å². The summed E-state index contributed by atoms with van der Waals surface area (Å²) in [6, 6.07) is 0. The fourth-order valence-corrected chi connectivity index (χ4v) is 2.15. The van der Waals surface area contributed by atoms with Crippen molar-refractivity contribution in [1.29, 1.82) is 0 Å². The van der Waals surface area contributed by atoms with Gasteiger partial charge in [0.15, 0.2) is 0 Å². The van der Waals surface area contributed by atoms with Crippen molar-refractivity contribution in [2.75, 3.05) is 0 Å². The van der Waals surface area contributed by atoms with E-state index in [1.807, 2.05) is 0 Å². The van der Waals surface area contributed by atoms with Crippen molar-refractivity contribution < 1.29 is 4.79 Å². The molecule has 0 atom stereocenters. The minimum absolute atomic E-state index is 0.0512. The van der Waals surface area contributed by atoms with Crippen LogP contribution in [-0.2, 0) is 4.79 Å². The quantitative estimate of drug-likeness (QED) is 0.652. The summed E-state index contributed by atoms with van der Waals surface area (Å²) in [5, 5.41) is 2.80. The molecule has 1 aliphatic carbocycles. The van der Waals surface area contributed by atoms with Crippen molar-refractivity contribution >= 4 is 5.91 Å². The molecule has 0 aliphatic heterocycles. The fraction of sp³-hybridized carbons (Fsp3) is 0.615. The topological polar surface area (TPSA) is 81.1 Å². The predicted molar refractivity (Wildman–Crippen MR) is 69.5 cm³/mol. The van der Waals surface area contributed by atoms with Crippen molar-refractivity contribution in [3.63, 3.8) is 0 Å². The zero-order valence-electron chi connectivity index (χ0n) is 10.7. The first-order valence-electron chi connectivity index (χ1n) is 6.09. The van der Waals surface area contributed by atoms with Crippen molar-refractivity contribution in [1.82, 2.24) is 5.32 Å². The molecule has 0 bridgehead atoms. The first-order chi connectivity index (χ1) is 7.98. The number of hydrogen-bond donors (Lipinski definition) is 3. The molecule has 0 spiro atoms. The summed E-state index contributed by atoms with van der Waals surface area (Å²) in [4.78, 5) is 12.0. The third-order valence-corrected chi connectivity index (χ3v) is 3.43. The number of allylic oxidation sites excluding steroid dienone is 1. The summed E-state index contributed by atoms with van der Waals surface area (Å²) in [7, 11) is 0. The van der Waals surface area contributed by atoms with Crippen LogP contribution in [0, 0.1) is 11.3 Å². The fourth-order valence-electron chi connectivity index (χ4n) is 2.15. The molecule has 0 heterocycles. The van der Waals surface area contributed by atoms with Crippen LogP contribution in [0.25, 0.3) is 0 Å². The van der Waals surface area contributed by atoms with E-state index in [0.717, 1.165) is 25.7 Å². The predicted octanol–water partition coefficient (Wildman–Crippen LogP) is 1.59. The molecule has 1 fully saturated rings. The van der Waals surface area contributed by atoms with Crippen LogP contribution in [0.2, 0.25) is 0 Å². The van der Waals surface area contributed by atoms with E-state index in [9.17, 15) is 4.79 Å². The Hall–Kier alpha value is -1.45. The van der Waals surface area contributed by atoms with E-state index in [1.165, 1.54) is 12.4 Å². The van der Waals surface area contributed by atoms with Crippen molar-refractivity contribution in [2.24, 2.45) is 22.8 Å².